The number of hydrogen-bond donors (Lipinski definition) is 1. The molecule has 4 rings (SSSR count). The van der Waals surface area contributed by atoms with Crippen LogP contribution in [0.2, 0.25) is 0 Å². The summed E-state index contributed by atoms with van der Waals surface area (Å²) >= 11 is 4.92. The summed E-state index contributed by atoms with van der Waals surface area (Å²) in [6.07, 6.45) is 3.30. The van der Waals surface area contributed by atoms with Crippen molar-refractivity contribution < 1.29 is 13.9 Å². The molecule has 5 nitrogen and oxygen atoms in total. The lowest BCUT2D eigenvalue weighted by atomic mass is 9.99. The minimum absolute atomic E-state index is 0.233. The highest BCUT2D eigenvalue weighted by atomic mass is 79.9. The van der Waals surface area contributed by atoms with Gasteiger partial charge in [-0.15, -0.1) is 11.3 Å². The number of nitrogens with zero attached hydrogens (tertiary/aromatic N) is 1. The number of rotatable bonds is 5. The Labute approximate surface area is 186 Å². The van der Waals surface area contributed by atoms with Crippen molar-refractivity contribution >= 4 is 54.8 Å². The Bertz CT molecular complexity index is 1270. The van der Waals surface area contributed by atoms with Crippen LogP contribution in [0, 0.1) is 6.92 Å². The van der Waals surface area contributed by atoms with Crippen LogP contribution < -0.4 is 10.1 Å². The van der Waals surface area contributed by atoms with Gasteiger partial charge in [0, 0.05) is 38.5 Å². The van der Waals surface area contributed by atoms with E-state index in [1.807, 2.05) is 55.6 Å². The minimum atomic E-state index is -0.233. The molecule has 0 saturated carbocycles. The Hall–Kier alpha value is -2.90. The first-order valence-electron chi connectivity index (χ1n) is 9.21. The normalized spacial score (nSPS) is 11.7. The summed E-state index contributed by atoms with van der Waals surface area (Å²) in [7, 11) is 1.61. The molecule has 4 aromatic rings. The van der Waals surface area contributed by atoms with Gasteiger partial charge in [-0.3, -0.25) is 10.1 Å². The van der Waals surface area contributed by atoms with Crippen LogP contribution in [0.15, 0.2) is 63.0 Å². The number of anilines is 1. The van der Waals surface area contributed by atoms with Crippen LogP contribution in [0.5, 0.6) is 5.75 Å². The van der Waals surface area contributed by atoms with E-state index in [4.69, 9.17) is 9.15 Å². The number of ether oxygens (including phenoxy) is 1. The summed E-state index contributed by atoms with van der Waals surface area (Å²) in [6.45, 7) is 3.77. The monoisotopic (exact) mass is 482 g/mol. The molecular weight excluding hydrogens is 464 g/mol. The van der Waals surface area contributed by atoms with E-state index in [9.17, 15) is 4.79 Å². The summed E-state index contributed by atoms with van der Waals surface area (Å²) in [4.78, 5) is 16.7. The third-order valence-corrected chi connectivity index (χ3v) is 6.02. The lowest BCUT2D eigenvalue weighted by Crippen LogP contribution is -2.08. The third-order valence-electron chi connectivity index (χ3n) is 4.65. The van der Waals surface area contributed by atoms with Crippen molar-refractivity contribution in [2.45, 2.75) is 13.8 Å². The summed E-state index contributed by atoms with van der Waals surface area (Å²) in [5.41, 5.74) is 5.22. The number of fused-ring (bicyclic) bond motifs is 1. The van der Waals surface area contributed by atoms with Crippen LogP contribution in [0.4, 0.5) is 5.13 Å². The fourth-order valence-corrected chi connectivity index (χ4v) is 4.33. The number of nitrogens with one attached hydrogen (secondary N) is 1. The van der Waals surface area contributed by atoms with Gasteiger partial charge in [0.15, 0.2) is 5.13 Å². The van der Waals surface area contributed by atoms with E-state index in [0.717, 1.165) is 43.4 Å². The number of aromatic nitrogens is 1. The maximum absolute atomic E-state index is 12.5. The zero-order valence-electron chi connectivity index (χ0n) is 16.7. The third kappa shape index (κ3) is 4.17. The molecule has 0 spiro atoms. The van der Waals surface area contributed by atoms with Crippen LogP contribution in [0.25, 0.3) is 27.7 Å². The highest BCUT2D eigenvalue weighted by molar-refractivity contribution is 9.10. The molecule has 0 saturated heterocycles. The lowest BCUT2D eigenvalue weighted by molar-refractivity contribution is -0.111. The van der Waals surface area contributed by atoms with Gasteiger partial charge in [-0.2, -0.15) is 0 Å². The molecule has 0 atom stereocenters. The lowest BCUT2D eigenvalue weighted by Gasteiger charge is -2.10. The van der Waals surface area contributed by atoms with Crippen LogP contribution >= 0.6 is 27.3 Å². The molecule has 0 unspecified atom stereocenters. The Morgan fingerprint density at radius 1 is 1.30 bits per heavy atom. The van der Waals surface area contributed by atoms with Crippen LogP contribution in [-0.4, -0.2) is 18.0 Å². The number of carbonyl (C=O) groups is 1. The molecule has 0 radical (unpaired) electrons. The van der Waals surface area contributed by atoms with Gasteiger partial charge < -0.3 is 9.15 Å². The van der Waals surface area contributed by atoms with E-state index in [-0.39, 0.29) is 5.91 Å². The minimum Gasteiger partial charge on any atom is -0.496 e. The molecule has 0 bridgehead atoms. The molecule has 0 fully saturated rings. The number of furan rings is 1. The van der Waals surface area contributed by atoms with Crippen molar-refractivity contribution in [3.8, 4) is 16.9 Å². The summed E-state index contributed by atoms with van der Waals surface area (Å²) in [5, 5.41) is 6.23. The standard InChI is InChI=1S/C23H19BrN2O3S/c1-13(7-22(27)26-23-25-14(2)12-30-23)17-9-18-19(15-5-4-6-16(24)8-15)11-29-21(18)10-20(17)28-3/h4-12H,1-3H3,(H,25,26,27)/b13-7+. The molecule has 152 valence electrons. The summed E-state index contributed by atoms with van der Waals surface area (Å²) in [5.74, 6) is 0.410. The van der Waals surface area contributed by atoms with E-state index in [0.29, 0.717) is 10.9 Å². The first-order chi connectivity index (χ1) is 14.4. The van der Waals surface area contributed by atoms with Gasteiger partial charge in [0.25, 0.3) is 0 Å². The van der Waals surface area contributed by atoms with Gasteiger partial charge in [0.05, 0.1) is 19.1 Å². The predicted molar refractivity (Wildman–Crippen MR) is 125 cm³/mol. The molecule has 0 aliphatic carbocycles. The molecule has 1 N–H and O–H groups in total. The maximum atomic E-state index is 12.5. The highest BCUT2D eigenvalue weighted by Gasteiger charge is 2.15. The second kappa shape index (κ2) is 8.45. The maximum Gasteiger partial charge on any atom is 0.250 e. The number of aryl methyl sites for hydroxylation is 1. The van der Waals surface area contributed by atoms with Gasteiger partial charge in [0.1, 0.15) is 11.3 Å². The molecule has 0 aliphatic rings. The zero-order chi connectivity index (χ0) is 21.3. The van der Waals surface area contributed by atoms with Crippen LogP contribution in [0.1, 0.15) is 18.2 Å². The molecule has 2 aromatic heterocycles. The van der Waals surface area contributed by atoms with Gasteiger partial charge in [-0.05, 0) is 43.2 Å². The number of thiazole rings is 1. The van der Waals surface area contributed by atoms with E-state index < -0.39 is 0 Å². The number of halogens is 1. The van der Waals surface area contributed by atoms with E-state index in [1.165, 1.54) is 11.3 Å². The Kier molecular flexibility index (Phi) is 5.74. The number of allylic oxidation sites excluding steroid dienone is 1. The van der Waals surface area contributed by atoms with Crippen molar-refractivity contribution in [1.29, 1.82) is 0 Å². The van der Waals surface area contributed by atoms with Crippen molar-refractivity contribution in [3.05, 3.63) is 69.8 Å². The fraction of sp³-hybridized carbons (Fsp3) is 0.130. The first-order valence-corrected chi connectivity index (χ1v) is 10.9. The van der Waals surface area contributed by atoms with Crippen molar-refractivity contribution in [2.75, 3.05) is 12.4 Å². The SMILES string of the molecule is COc1cc2occ(-c3cccc(Br)c3)c2cc1/C(C)=C/C(=O)Nc1nc(C)cs1. The van der Waals surface area contributed by atoms with Crippen molar-refractivity contribution in [3.63, 3.8) is 0 Å². The molecule has 30 heavy (non-hydrogen) atoms. The number of amides is 1. The second-order valence-electron chi connectivity index (χ2n) is 6.82. The first kappa shape index (κ1) is 20.4. The molecule has 2 aromatic carbocycles. The number of methoxy groups -OCH3 is 1. The number of carbonyl (C=O) groups excluding carboxylic acids is 1. The smallest absolute Gasteiger partial charge is 0.250 e. The molecular formula is C23H19BrN2O3S. The average molecular weight is 483 g/mol. The number of benzene rings is 2. The van der Waals surface area contributed by atoms with E-state index >= 15 is 0 Å². The Morgan fingerprint density at radius 2 is 2.13 bits per heavy atom. The quantitative estimate of drug-likeness (QED) is 0.322. The largest absolute Gasteiger partial charge is 0.496 e. The second-order valence-corrected chi connectivity index (χ2v) is 8.59. The molecule has 2 heterocycles. The Morgan fingerprint density at radius 3 is 2.83 bits per heavy atom. The van der Waals surface area contributed by atoms with Crippen molar-refractivity contribution in [2.24, 2.45) is 0 Å². The summed E-state index contributed by atoms with van der Waals surface area (Å²) in [6, 6.07) is 11.9. The molecule has 7 heteroatoms. The van der Waals surface area contributed by atoms with Gasteiger partial charge in [-0.25, -0.2) is 4.98 Å². The number of hydrogen-bond acceptors (Lipinski definition) is 5. The van der Waals surface area contributed by atoms with E-state index in [1.54, 1.807) is 19.4 Å². The van der Waals surface area contributed by atoms with Gasteiger partial charge in [0.2, 0.25) is 5.91 Å². The van der Waals surface area contributed by atoms with Crippen LogP contribution in [-0.2, 0) is 4.79 Å². The zero-order valence-corrected chi connectivity index (χ0v) is 19.1. The summed E-state index contributed by atoms with van der Waals surface area (Å²) < 4.78 is 12.3. The van der Waals surface area contributed by atoms with Gasteiger partial charge >= 0.3 is 0 Å². The molecule has 1 amide bonds. The van der Waals surface area contributed by atoms with E-state index in [2.05, 4.69) is 26.2 Å². The van der Waals surface area contributed by atoms with Gasteiger partial charge in [-0.1, -0.05) is 28.1 Å². The van der Waals surface area contributed by atoms with Crippen molar-refractivity contribution in [1.82, 2.24) is 4.98 Å². The topological polar surface area (TPSA) is 64.4 Å². The fourth-order valence-electron chi connectivity index (χ4n) is 3.24. The molecule has 0 aliphatic heterocycles. The average Bonchev–Trinajstić information content (AvgIpc) is 3.32. The highest BCUT2D eigenvalue weighted by Crippen LogP contribution is 2.38. The van der Waals surface area contributed by atoms with Crippen LogP contribution in [0.3, 0.4) is 0 Å². The Balaban J connectivity index is 1.73. The predicted octanol–water partition coefficient (Wildman–Crippen LogP) is 6.68.